The number of carbonyl (C=O) groups is 9. The highest BCUT2D eigenvalue weighted by molar-refractivity contribution is 5.95. The zero-order valence-electron chi connectivity index (χ0n) is 27.9. The number of aliphatic carboxylic acids is 2. The minimum Gasteiger partial charge on any atom is -0.483 e. The van der Waals surface area contributed by atoms with Crippen molar-refractivity contribution in [3.8, 4) is 12.3 Å². The Hall–Kier alpha value is -5.21. The van der Waals surface area contributed by atoms with Crippen LogP contribution in [0.1, 0.15) is 81.1 Å². The van der Waals surface area contributed by atoms with Gasteiger partial charge in [-0.15, -0.1) is 12.3 Å². The van der Waals surface area contributed by atoms with Crippen molar-refractivity contribution < 1.29 is 58.5 Å². The molecule has 0 saturated heterocycles. The van der Waals surface area contributed by atoms with Crippen LogP contribution in [0.15, 0.2) is 0 Å². The van der Waals surface area contributed by atoms with E-state index in [0.29, 0.717) is 0 Å². The van der Waals surface area contributed by atoms with E-state index in [4.69, 9.17) is 25.8 Å². The van der Waals surface area contributed by atoms with Gasteiger partial charge in [0.05, 0.1) is 26.1 Å². The monoisotopic (exact) mass is 664 g/mol. The molecule has 2 atom stereocenters. The fourth-order valence-corrected chi connectivity index (χ4v) is 2.20. The van der Waals surface area contributed by atoms with Crippen molar-refractivity contribution in [3.05, 3.63) is 0 Å². The zero-order chi connectivity index (χ0) is 37.7. The molecule has 0 saturated carbocycles. The van der Waals surface area contributed by atoms with E-state index in [0.717, 1.165) is 6.92 Å². The highest BCUT2D eigenvalue weighted by atomic mass is 16.4. The highest BCUT2D eigenvalue weighted by Gasteiger charge is 2.26. The van der Waals surface area contributed by atoms with E-state index in [-0.39, 0.29) is 12.9 Å². The Kier molecular flexibility index (Phi) is 46.2. The number of carboxylic acid groups (broad SMARTS) is 3. The van der Waals surface area contributed by atoms with Crippen molar-refractivity contribution in [2.75, 3.05) is 19.6 Å². The second-order valence-corrected chi connectivity index (χ2v) is 7.68. The van der Waals surface area contributed by atoms with Gasteiger partial charge in [-0.1, -0.05) is 48.0 Å². The van der Waals surface area contributed by atoms with Gasteiger partial charge in [0.25, 0.3) is 6.47 Å². The van der Waals surface area contributed by atoms with E-state index in [1.165, 1.54) is 6.42 Å². The average molecular weight is 665 g/mol. The van der Waals surface area contributed by atoms with E-state index < -0.39 is 91.9 Å². The number of amides is 6. The molecular formula is C28H52N6O12. The van der Waals surface area contributed by atoms with Crippen LogP contribution in [0.4, 0.5) is 0 Å². The summed E-state index contributed by atoms with van der Waals surface area (Å²) < 4.78 is 0. The molecule has 0 rings (SSSR count). The molecule has 0 aromatic rings. The molecule has 0 aliphatic carbocycles. The summed E-state index contributed by atoms with van der Waals surface area (Å²) in [7, 11) is 0. The molecule has 0 aliphatic rings. The summed E-state index contributed by atoms with van der Waals surface area (Å²) in [6.07, 6.45) is 4.20. The van der Waals surface area contributed by atoms with Gasteiger partial charge in [-0.25, -0.2) is 0 Å². The van der Waals surface area contributed by atoms with Crippen molar-refractivity contribution in [1.29, 1.82) is 0 Å². The Balaban J connectivity index is -0.000000265. The second kappa shape index (κ2) is 39.8. The summed E-state index contributed by atoms with van der Waals surface area (Å²) in [6, 6.07) is -2.93. The van der Waals surface area contributed by atoms with Crippen LogP contribution in [0.2, 0.25) is 0 Å². The van der Waals surface area contributed by atoms with Crippen molar-refractivity contribution in [2.24, 2.45) is 5.73 Å². The number of hydrogen-bond acceptors (Lipinski definition) is 9. The first-order chi connectivity index (χ1) is 21.6. The Morgan fingerprint density at radius 2 is 1.13 bits per heavy atom. The largest absolute Gasteiger partial charge is 0.483 e. The second-order valence-electron chi connectivity index (χ2n) is 7.68. The van der Waals surface area contributed by atoms with Gasteiger partial charge in [-0.3, -0.25) is 43.2 Å². The summed E-state index contributed by atoms with van der Waals surface area (Å²) >= 11 is 0. The van der Waals surface area contributed by atoms with Crippen LogP contribution in [0.3, 0.4) is 0 Å². The number of carbonyl (C=O) groups excluding carboxylic acids is 6. The maximum absolute atomic E-state index is 12.3. The molecule has 0 radical (unpaired) electrons. The molecule has 46 heavy (non-hydrogen) atoms. The first-order valence-corrected chi connectivity index (χ1v) is 14.1. The summed E-state index contributed by atoms with van der Waals surface area (Å²) in [6.45, 7) is 13.0. The van der Waals surface area contributed by atoms with E-state index >= 15 is 0 Å². The van der Waals surface area contributed by atoms with Gasteiger partial charge < -0.3 is 47.6 Å². The Morgan fingerprint density at radius 1 is 0.783 bits per heavy atom. The third-order valence-electron chi connectivity index (χ3n) is 3.69. The summed E-state index contributed by atoms with van der Waals surface area (Å²) in [5.74, 6) is -5.54. The minimum atomic E-state index is -1.58. The SMILES string of the molecule is C#CC.CC.CC.CC(=O)NCC(=O)NC(CCC(=O)O)C(=O)NCC(=O)NC(CC(=O)O)C(=O)NCC(N)=O.CCC.O=CO. The highest BCUT2D eigenvalue weighted by Crippen LogP contribution is 1.99. The molecule has 10 N–H and O–H groups in total. The smallest absolute Gasteiger partial charge is 0.305 e. The normalized spacial score (nSPS) is 9.54. The lowest BCUT2D eigenvalue weighted by Gasteiger charge is -2.19. The van der Waals surface area contributed by atoms with Crippen LogP contribution in [-0.4, -0.2) is 101 Å². The molecule has 0 fully saturated rings. The van der Waals surface area contributed by atoms with E-state index in [1.54, 1.807) is 6.92 Å². The molecule has 266 valence electrons. The molecule has 2 unspecified atom stereocenters. The topological polar surface area (TPSA) is 300 Å². The molecule has 0 heterocycles. The van der Waals surface area contributed by atoms with Crippen molar-refractivity contribution in [2.45, 2.75) is 93.2 Å². The van der Waals surface area contributed by atoms with Crippen molar-refractivity contribution >= 4 is 53.9 Å². The third-order valence-corrected chi connectivity index (χ3v) is 3.69. The van der Waals surface area contributed by atoms with Crippen molar-refractivity contribution in [1.82, 2.24) is 26.6 Å². The molecule has 0 spiro atoms. The quantitative estimate of drug-likeness (QED) is 0.0749. The first-order valence-electron chi connectivity index (χ1n) is 14.1. The Labute approximate surface area is 270 Å². The van der Waals surface area contributed by atoms with Crippen LogP contribution in [0.25, 0.3) is 0 Å². The Bertz CT molecular complexity index is 952. The summed E-state index contributed by atoms with van der Waals surface area (Å²) in [5.41, 5.74) is 4.87. The average Bonchev–Trinajstić information content (AvgIpc) is 2.98. The molecular weight excluding hydrogens is 612 g/mol. The van der Waals surface area contributed by atoms with Gasteiger partial charge in [-0.2, -0.15) is 0 Å². The molecule has 0 aliphatic heterocycles. The minimum absolute atomic E-state index is 0.250. The fraction of sp³-hybridized carbons (Fsp3) is 0.607. The van der Waals surface area contributed by atoms with Gasteiger partial charge in [0, 0.05) is 13.3 Å². The van der Waals surface area contributed by atoms with E-state index in [9.17, 15) is 38.4 Å². The standard InChI is InChI=1S/C17H26N6O10.C3H8.C3H4.2C2H6.CH2O2/c1-8(24)19-6-12(26)22-9(2-3-14(28)29)16(32)21-7-13(27)23-10(4-15(30)31)17(33)20-5-11(18)25;2*1-3-2;2*1-2;2-1-3/h9-10H,2-7H2,1H3,(H2,18,25)(H,19,24)(H,20,33)(H,21,32)(H,22,26)(H,23,27)(H,28,29)(H,30,31);3H2,1-2H3;1H,2H3;2*1-2H3;1H,(H,2,3). The van der Waals surface area contributed by atoms with Crippen LogP contribution in [0.5, 0.6) is 0 Å². The van der Waals surface area contributed by atoms with Crippen LogP contribution in [-0.2, 0) is 43.2 Å². The summed E-state index contributed by atoms with van der Waals surface area (Å²) in [4.78, 5) is 99.7. The van der Waals surface area contributed by atoms with Gasteiger partial charge in [0.1, 0.15) is 12.1 Å². The van der Waals surface area contributed by atoms with Gasteiger partial charge in [0.15, 0.2) is 0 Å². The zero-order valence-corrected chi connectivity index (χ0v) is 27.9. The van der Waals surface area contributed by atoms with Crippen LogP contribution >= 0.6 is 0 Å². The fourth-order valence-electron chi connectivity index (χ4n) is 2.20. The lowest BCUT2D eigenvalue weighted by atomic mass is 10.1. The van der Waals surface area contributed by atoms with Gasteiger partial charge >= 0.3 is 11.9 Å². The molecule has 0 aromatic heterocycles. The van der Waals surface area contributed by atoms with E-state index in [1.807, 2.05) is 33.0 Å². The number of nitrogens with one attached hydrogen (secondary N) is 5. The van der Waals surface area contributed by atoms with Crippen LogP contribution < -0.4 is 32.3 Å². The molecule has 18 heteroatoms. The lowest BCUT2D eigenvalue weighted by Crippen LogP contribution is -2.53. The number of carboxylic acids is 2. The number of nitrogens with two attached hydrogens (primary N) is 1. The Morgan fingerprint density at radius 3 is 1.48 bits per heavy atom. The number of primary amides is 1. The molecule has 0 aromatic carbocycles. The predicted molar refractivity (Wildman–Crippen MR) is 169 cm³/mol. The van der Waals surface area contributed by atoms with Gasteiger partial charge in [0.2, 0.25) is 35.4 Å². The number of hydrogen-bond donors (Lipinski definition) is 9. The van der Waals surface area contributed by atoms with Crippen LogP contribution in [0, 0.1) is 12.3 Å². The third kappa shape index (κ3) is 45.8. The molecule has 0 bridgehead atoms. The number of terminal acetylenes is 1. The van der Waals surface area contributed by atoms with Gasteiger partial charge in [-0.05, 0) is 13.3 Å². The van der Waals surface area contributed by atoms with E-state index in [2.05, 4.69) is 47.5 Å². The summed E-state index contributed by atoms with van der Waals surface area (Å²) in [5, 5.41) is 35.2. The first kappa shape index (κ1) is 53.4. The lowest BCUT2D eigenvalue weighted by molar-refractivity contribution is -0.141. The molecule has 6 amide bonds. The van der Waals surface area contributed by atoms with Crippen molar-refractivity contribution in [3.63, 3.8) is 0 Å². The maximum Gasteiger partial charge on any atom is 0.305 e. The molecule has 18 nitrogen and oxygen atoms in total. The predicted octanol–water partition coefficient (Wildman–Crippen LogP) is -1.04. The number of rotatable bonds is 15. The maximum atomic E-state index is 12.3.